The zero-order chi connectivity index (χ0) is 14.5. The molecule has 3 rings (SSSR count). The third kappa shape index (κ3) is 3.64. The van der Waals surface area contributed by atoms with Gasteiger partial charge in [-0.05, 0) is 42.9 Å². The van der Waals surface area contributed by atoms with Crippen LogP contribution in [0.25, 0.3) is 0 Å². The van der Waals surface area contributed by atoms with Gasteiger partial charge in [0, 0.05) is 24.4 Å². The normalized spacial score (nSPS) is 14.1. The summed E-state index contributed by atoms with van der Waals surface area (Å²) in [6.45, 7) is 4.33. The van der Waals surface area contributed by atoms with Gasteiger partial charge in [-0.3, -0.25) is 0 Å². The molecule has 0 saturated heterocycles. The van der Waals surface area contributed by atoms with Crippen molar-refractivity contribution in [2.75, 3.05) is 11.9 Å². The SMILES string of the molecule is CCOCc1ccccc1NCc1ccccc1C1CC1. The molecule has 2 aromatic rings. The molecule has 0 radical (unpaired) electrons. The van der Waals surface area contributed by atoms with Crippen LogP contribution in [0.2, 0.25) is 0 Å². The van der Waals surface area contributed by atoms with Crippen LogP contribution >= 0.6 is 0 Å². The number of hydrogen-bond donors (Lipinski definition) is 1. The van der Waals surface area contributed by atoms with E-state index in [4.69, 9.17) is 4.74 Å². The number of anilines is 1. The highest BCUT2D eigenvalue weighted by Crippen LogP contribution is 2.41. The molecule has 2 aromatic carbocycles. The standard InChI is InChI=1S/C19H23NO/c1-2-21-14-17-8-4-6-10-19(17)20-13-16-7-3-5-9-18(16)15-11-12-15/h3-10,15,20H,2,11-14H2,1H3. The Balaban J connectivity index is 1.70. The van der Waals surface area contributed by atoms with Gasteiger partial charge in [0.25, 0.3) is 0 Å². The van der Waals surface area contributed by atoms with E-state index in [0.717, 1.165) is 19.1 Å². The van der Waals surface area contributed by atoms with E-state index in [0.29, 0.717) is 6.61 Å². The zero-order valence-electron chi connectivity index (χ0n) is 12.6. The lowest BCUT2D eigenvalue weighted by atomic mass is 10.0. The first kappa shape index (κ1) is 14.2. The molecule has 2 heteroatoms. The summed E-state index contributed by atoms with van der Waals surface area (Å²) in [6.07, 6.45) is 2.69. The highest BCUT2D eigenvalue weighted by atomic mass is 16.5. The summed E-state index contributed by atoms with van der Waals surface area (Å²) in [6, 6.07) is 17.2. The third-order valence-corrected chi connectivity index (χ3v) is 4.02. The van der Waals surface area contributed by atoms with Gasteiger partial charge in [0.15, 0.2) is 0 Å². The molecule has 0 aliphatic heterocycles. The van der Waals surface area contributed by atoms with Crippen LogP contribution in [-0.4, -0.2) is 6.61 Å². The number of benzene rings is 2. The Hall–Kier alpha value is -1.80. The summed E-state index contributed by atoms with van der Waals surface area (Å²) in [5.74, 6) is 0.793. The van der Waals surface area contributed by atoms with Crippen LogP contribution in [0, 0.1) is 0 Å². The van der Waals surface area contributed by atoms with E-state index in [9.17, 15) is 0 Å². The van der Waals surface area contributed by atoms with Gasteiger partial charge in [-0.25, -0.2) is 0 Å². The molecule has 1 aliphatic carbocycles. The highest BCUT2D eigenvalue weighted by molar-refractivity contribution is 5.51. The fourth-order valence-electron chi connectivity index (χ4n) is 2.71. The van der Waals surface area contributed by atoms with Crippen molar-refractivity contribution in [3.8, 4) is 0 Å². The van der Waals surface area contributed by atoms with E-state index in [1.54, 1.807) is 0 Å². The van der Waals surface area contributed by atoms with Crippen molar-refractivity contribution in [1.29, 1.82) is 0 Å². The van der Waals surface area contributed by atoms with E-state index in [-0.39, 0.29) is 0 Å². The Labute approximate surface area is 127 Å². The van der Waals surface area contributed by atoms with Crippen molar-refractivity contribution in [3.63, 3.8) is 0 Å². The van der Waals surface area contributed by atoms with E-state index < -0.39 is 0 Å². The molecule has 0 heterocycles. The minimum Gasteiger partial charge on any atom is -0.381 e. The van der Waals surface area contributed by atoms with Gasteiger partial charge in [0.05, 0.1) is 6.61 Å². The van der Waals surface area contributed by atoms with Gasteiger partial charge < -0.3 is 10.1 Å². The van der Waals surface area contributed by atoms with E-state index >= 15 is 0 Å². The Kier molecular flexibility index (Phi) is 4.56. The molecule has 0 amide bonds. The average Bonchev–Trinajstić information content (AvgIpc) is 3.37. The summed E-state index contributed by atoms with van der Waals surface area (Å²) in [5, 5.41) is 3.58. The van der Waals surface area contributed by atoms with E-state index in [1.807, 2.05) is 6.92 Å². The van der Waals surface area contributed by atoms with Gasteiger partial charge in [0.1, 0.15) is 0 Å². The summed E-state index contributed by atoms with van der Waals surface area (Å²) in [4.78, 5) is 0. The first-order valence-electron chi connectivity index (χ1n) is 7.85. The number of hydrogen-bond acceptors (Lipinski definition) is 2. The second-order valence-electron chi connectivity index (χ2n) is 5.62. The maximum Gasteiger partial charge on any atom is 0.0736 e. The Morgan fingerprint density at radius 2 is 1.71 bits per heavy atom. The smallest absolute Gasteiger partial charge is 0.0736 e. The topological polar surface area (TPSA) is 21.3 Å². The number of ether oxygens (including phenoxy) is 1. The van der Waals surface area contributed by atoms with Gasteiger partial charge >= 0.3 is 0 Å². The number of para-hydroxylation sites is 1. The van der Waals surface area contributed by atoms with E-state index in [1.165, 1.54) is 35.2 Å². The van der Waals surface area contributed by atoms with Gasteiger partial charge in [-0.1, -0.05) is 42.5 Å². The molecular formula is C19H23NO. The molecule has 0 bridgehead atoms. The molecule has 21 heavy (non-hydrogen) atoms. The van der Waals surface area contributed by atoms with Crippen LogP contribution in [0.5, 0.6) is 0 Å². The third-order valence-electron chi connectivity index (χ3n) is 4.02. The molecule has 0 atom stereocenters. The Bertz CT molecular complexity index is 590. The first-order valence-corrected chi connectivity index (χ1v) is 7.85. The zero-order valence-corrected chi connectivity index (χ0v) is 12.6. The monoisotopic (exact) mass is 281 g/mol. The van der Waals surface area contributed by atoms with Crippen molar-refractivity contribution < 1.29 is 4.74 Å². The minimum absolute atomic E-state index is 0.671. The predicted molar refractivity (Wildman–Crippen MR) is 87.5 cm³/mol. The fraction of sp³-hybridized carbons (Fsp3) is 0.368. The summed E-state index contributed by atoms with van der Waals surface area (Å²) < 4.78 is 5.54. The van der Waals surface area contributed by atoms with Gasteiger partial charge in [0.2, 0.25) is 0 Å². The van der Waals surface area contributed by atoms with Crippen LogP contribution in [0.1, 0.15) is 42.4 Å². The second kappa shape index (κ2) is 6.77. The molecule has 0 spiro atoms. The van der Waals surface area contributed by atoms with Crippen molar-refractivity contribution in [2.24, 2.45) is 0 Å². The fourth-order valence-corrected chi connectivity index (χ4v) is 2.71. The Morgan fingerprint density at radius 3 is 2.48 bits per heavy atom. The second-order valence-corrected chi connectivity index (χ2v) is 5.62. The van der Waals surface area contributed by atoms with Crippen LogP contribution in [0.3, 0.4) is 0 Å². The van der Waals surface area contributed by atoms with Gasteiger partial charge in [-0.2, -0.15) is 0 Å². The quantitative estimate of drug-likeness (QED) is 0.793. The van der Waals surface area contributed by atoms with Crippen LogP contribution < -0.4 is 5.32 Å². The molecule has 2 nitrogen and oxygen atoms in total. The molecule has 1 N–H and O–H groups in total. The predicted octanol–water partition coefficient (Wildman–Crippen LogP) is 4.71. The molecular weight excluding hydrogens is 258 g/mol. The van der Waals surface area contributed by atoms with Gasteiger partial charge in [-0.15, -0.1) is 0 Å². The number of nitrogens with one attached hydrogen (secondary N) is 1. The molecule has 1 saturated carbocycles. The molecule has 0 unspecified atom stereocenters. The van der Waals surface area contributed by atoms with Crippen LogP contribution in [-0.2, 0) is 17.9 Å². The lowest BCUT2D eigenvalue weighted by Crippen LogP contribution is -2.05. The first-order chi connectivity index (χ1) is 10.4. The largest absolute Gasteiger partial charge is 0.381 e. The van der Waals surface area contributed by atoms with Crippen LogP contribution in [0.4, 0.5) is 5.69 Å². The summed E-state index contributed by atoms with van der Waals surface area (Å²) in [7, 11) is 0. The van der Waals surface area contributed by atoms with Crippen molar-refractivity contribution in [2.45, 2.75) is 38.8 Å². The Morgan fingerprint density at radius 1 is 1.00 bits per heavy atom. The maximum atomic E-state index is 5.54. The summed E-state index contributed by atoms with van der Waals surface area (Å²) in [5.41, 5.74) is 5.35. The highest BCUT2D eigenvalue weighted by Gasteiger charge is 2.25. The van der Waals surface area contributed by atoms with Crippen molar-refractivity contribution in [1.82, 2.24) is 0 Å². The summed E-state index contributed by atoms with van der Waals surface area (Å²) >= 11 is 0. The van der Waals surface area contributed by atoms with Crippen molar-refractivity contribution in [3.05, 3.63) is 65.2 Å². The number of rotatable bonds is 7. The molecule has 110 valence electrons. The average molecular weight is 281 g/mol. The van der Waals surface area contributed by atoms with E-state index in [2.05, 4.69) is 53.8 Å². The molecule has 1 fully saturated rings. The molecule has 1 aliphatic rings. The lowest BCUT2D eigenvalue weighted by molar-refractivity contribution is 0.134. The molecule has 0 aromatic heterocycles. The van der Waals surface area contributed by atoms with Crippen LogP contribution in [0.15, 0.2) is 48.5 Å². The maximum absolute atomic E-state index is 5.54. The lowest BCUT2D eigenvalue weighted by Gasteiger charge is -2.14. The van der Waals surface area contributed by atoms with Crippen molar-refractivity contribution >= 4 is 5.69 Å². The minimum atomic E-state index is 0.671.